The van der Waals surface area contributed by atoms with Gasteiger partial charge in [-0.15, -0.1) is 0 Å². The van der Waals surface area contributed by atoms with Gasteiger partial charge in [-0.1, -0.05) is 41.9 Å². The first-order valence-corrected chi connectivity index (χ1v) is 11.1. The number of hydrogen-bond acceptors (Lipinski definition) is 3. The molecule has 1 aliphatic rings. The molecule has 156 valence electrons. The fourth-order valence-electron chi connectivity index (χ4n) is 4.30. The van der Waals surface area contributed by atoms with Crippen LogP contribution in [-0.4, -0.2) is 16.9 Å². The Bertz CT molecular complexity index is 1030. The Labute approximate surface area is 183 Å². The number of nitrogens with zero attached hydrogens (tertiary/aromatic N) is 1. The summed E-state index contributed by atoms with van der Waals surface area (Å²) in [6.45, 7) is 4.14. The number of anilines is 1. The monoisotopic (exact) mass is 421 g/mol. The summed E-state index contributed by atoms with van der Waals surface area (Å²) in [5, 5.41) is 8.65. The molecule has 1 atom stereocenters. The maximum atomic E-state index is 12.7. The lowest BCUT2D eigenvalue weighted by molar-refractivity contribution is -0.126. The van der Waals surface area contributed by atoms with Gasteiger partial charge in [0.25, 0.3) is 0 Å². The number of aryl methyl sites for hydroxylation is 1. The predicted octanol–water partition coefficient (Wildman–Crippen LogP) is 6.04. The molecule has 1 aliphatic carbocycles. The van der Waals surface area contributed by atoms with E-state index in [1.54, 1.807) is 0 Å². The van der Waals surface area contributed by atoms with Gasteiger partial charge in [-0.3, -0.25) is 4.79 Å². The highest BCUT2D eigenvalue weighted by Crippen LogP contribution is 2.28. The van der Waals surface area contributed by atoms with E-state index in [0.717, 1.165) is 42.6 Å². The maximum Gasteiger partial charge on any atom is 0.223 e. The van der Waals surface area contributed by atoms with Crippen molar-refractivity contribution in [1.82, 2.24) is 10.3 Å². The minimum Gasteiger partial charge on any atom is -0.367 e. The minimum absolute atomic E-state index is 0.0182. The van der Waals surface area contributed by atoms with E-state index in [-0.39, 0.29) is 17.9 Å². The van der Waals surface area contributed by atoms with Crippen LogP contribution in [0.15, 0.2) is 54.6 Å². The Morgan fingerprint density at radius 1 is 1.07 bits per heavy atom. The average molecular weight is 422 g/mol. The van der Waals surface area contributed by atoms with Gasteiger partial charge in [-0.25, -0.2) is 4.98 Å². The SMILES string of the molecule is Cc1cc(N[C@H]2CC[C@@H](C(=O)N[C@H](C)c3ccc(Cl)cc3)CC2)nc2ccccc12. The van der Waals surface area contributed by atoms with Crippen molar-refractivity contribution in [2.75, 3.05) is 5.32 Å². The van der Waals surface area contributed by atoms with Crippen molar-refractivity contribution < 1.29 is 4.79 Å². The lowest BCUT2D eigenvalue weighted by Crippen LogP contribution is -2.37. The van der Waals surface area contributed by atoms with Crippen molar-refractivity contribution in [3.63, 3.8) is 0 Å². The summed E-state index contributed by atoms with van der Waals surface area (Å²) in [5.41, 5.74) is 3.32. The second-order valence-electron chi connectivity index (χ2n) is 8.32. The molecule has 5 heteroatoms. The fourth-order valence-corrected chi connectivity index (χ4v) is 4.42. The molecule has 0 unspecified atom stereocenters. The maximum absolute atomic E-state index is 12.7. The lowest BCUT2D eigenvalue weighted by atomic mass is 9.85. The van der Waals surface area contributed by atoms with Crippen LogP contribution in [0.3, 0.4) is 0 Å². The van der Waals surface area contributed by atoms with Gasteiger partial charge in [0.2, 0.25) is 5.91 Å². The highest BCUT2D eigenvalue weighted by Gasteiger charge is 2.27. The molecule has 0 radical (unpaired) electrons. The van der Waals surface area contributed by atoms with Crippen LogP contribution in [-0.2, 0) is 4.79 Å². The molecule has 0 saturated heterocycles. The van der Waals surface area contributed by atoms with Gasteiger partial charge in [0, 0.05) is 22.4 Å². The number of halogens is 1. The van der Waals surface area contributed by atoms with Crippen LogP contribution >= 0.6 is 11.6 Å². The molecule has 1 saturated carbocycles. The van der Waals surface area contributed by atoms with Crippen molar-refractivity contribution in [1.29, 1.82) is 0 Å². The number of hydrogen-bond donors (Lipinski definition) is 2. The number of carbonyl (C=O) groups is 1. The molecule has 1 amide bonds. The van der Waals surface area contributed by atoms with Crippen LogP contribution in [0, 0.1) is 12.8 Å². The number of rotatable bonds is 5. The van der Waals surface area contributed by atoms with Crippen LogP contribution in [0.25, 0.3) is 10.9 Å². The van der Waals surface area contributed by atoms with Gasteiger partial charge in [-0.05, 0) is 74.9 Å². The van der Waals surface area contributed by atoms with Crippen molar-refractivity contribution in [3.05, 3.63) is 70.7 Å². The number of carbonyl (C=O) groups excluding carboxylic acids is 1. The van der Waals surface area contributed by atoms with Crippen molar-refractivity contribution in [2.45, 2.75) is 51.6 Å². The van der Waals surface area contributed by atoms with E-state index in [0.29, 0.717) is 11.1 Å². The van der Waals surface area contributed by atoms with E-state index in [9.17, 15) is 4.79 Å². The molecule has 1 aromatic heterocycles. The summed E-state index contributed by atoms with van der Waals surface area (Å²) >= 11 is 5.96. The molecule has 2 aromatic carbocycles. The fraction of sp³-hybridized carbons (Fsp3) is 0.360. The van der Waals surface area contributed by atoms with Crippen LogP contribution in [0.5, 0.6) is 0 Å². The Kier molecular flexibility index (Phi) is 6.24. The normalized spacial score (nSPS) is 20.0. The zero-order valence-corrected chi connectivity index (χ0v) is 18.2. The molecule has 0 aliphatic heterocycles. The van der Waals surface area contributed by atoms with Crippen LogP contribution in [0.4, 0.5) is 5.82 Å². The Hall–Kier alpha value is -2.59. The number of amides is 1. The Balaban J connectivity index is 1.31. The molecule has 2 N–H and O–H groups in total. The van der Waals surface area contributed by atoms with E-state index in [1.165, 1.54) is 10.9 Å². The predicted molar refractivity (Wildman–Crippen MR) is 124 cm³/mol. The number of para-hydroxylation sites is 1. The topological polar surface area (TPSA) is 54.0 Å². The second kappa shape index (κ2) is 9.05. The van der Waals surface area contributed by atoms with Crippen LogP contribution in [0.2, 0.25) is 5.02 Å². The number of aromatic nitrogens is 1. The first kappa shape index (κ1) is 20.7. The largest absolute Gasteiger partial charge is 0.367 e. The summed E-state index contributed by atoms with van der Waals surface area (Å²) in [4.78, 5) is 17.5. The van der Waals surface area contributed by atoms with Crippen molar-refractivity contribution >= 4 is 34.2 Å². The lowest BCUT2D eigenvalue weighted by Gasteiger charge is -2.29. The first-order chi connectivity index (χ1) is 14.5. The zero-order chi connectivity index (χ0) is 21.1. The van der Waals surface area contributed by atoms with E-state index < -0.39 is 0 Å². The highest BCUT2D eigenvalue weighted by molar-refractivity contribution is 6.30. The van der Waals surface area contributed by atoms with Gasteiger partial charge < -0.3 is 10.6 Å². The zero-order valence-electron chi connectivity index (χ0n) is 17.5. The third-order valence-corrected chi connectivity index (χ3v) is 6.35. The van der Waals surface area contributed by atoms with Crippen LogP contribution < -0.4 is 10.6 Å². The van der Waals surface area contributed by atoms with Crippen molar-refractivity contribution in [3.8, 4) is 0 Å². The summed E-state index contributed by atoms with van der Waals surface area (Å²) in [7, 11) is 0. The van der Waals surface area contributed by atoms with E-state index in [1.807, 2.05) is 43.3 Å². The smallest absolute Gasteiger partial charge is 0.223 e. The standard InChI is InChI=1S/C25H28ClN3O/c1-16-15-24(29-23-6-4-3-5-22(16)23)28-21-13-9-19(10-14-21)25(30)27-17(2)18-7-11-20(26)12-8-18/h3-8,11-12,15,17,19,21H,9-10,13-14H2,1-2H3,(H,27,30)(H,28,29)/t17-,19-,21+/m1/s1. The molecule has 3 aromatic rings. The molecule has 1 heterocycles. The average Bonchev–Trinajstić information content (AvgIpc) is 2.74. The van der Waals surface area contributed by atoms with Gasteiger partial charge in [0.05, 0.1) is 11.6 Å². The minimum atomic E-state index is -0.0182. The molecular formula is C25H28ClN3O. The molecule has 30 heavy (non-hydrogen) atoms. The van der Waals surface area contributed by atoms with Crippen LogP contribution in [0.1, 0.15) is 49.8 Å². The number of benzene rings is 2. The third-order valence-electron chi connectivity index (χ3n) is 6.10. The molecule has 4 rings (SSSR count). The molecule has 4 nitrogen and oxygen atoms in total. The summed E-state index contributed by atoms with van der Waals surface area (Å²) < 4.78 is 0. The van der Waals surface area contributed by atoms with E-state index in [2.05, 4.69) is 35.8 Å². The number of pyridine rings is 1. The summed E-state index contributed by atoms with van der Waals surface area (Å²) in [6, 6.07) is 18.3. The van der Waals surface area contributed by atoms with Gasteiger partial charge in [0.15, 0.2) is 0 Å². The van der Waals surface area contributed by atoms with E-state index in [4.69, 9.17) is 16.6 Å². The highest BCUT2D eigenvalue weighted by atomic mass is 35.5. The molecule has 0 bridgehead atoms. The molecule has 1 fully saturated rings. The third kappa shape index (κ3) is 4.76. The molecule has 0 spiro atoms. The van der Waals surface area contributed by atoms with Gasteiger partial charge in [0.1, 0.15) is 5.82 Å². The molecular weight excluding hydrogens is 394 g/mol. The van der Waals surface area contributed by atoms with Gasteiger partial charge >= 0.3 is 0 Å². The summed E-state index contributed by atoms with van der Waals surface area (Å²) in [6.07, 6.45) is 3.73. The number of nitrogens with one attached hydrogen (secondary N) is 2. The second-order valence-corrected chi connectivity index (χ2v) is 8.75. The van der Waals surface area contributed by atoms with E-state index >= 15 is 0 Å². The van der Waals surface area contributed by atoms with Crippen molar-refractivity contribution in [2.24, 2.45) is 5.92 Å². The quantitative estimate of drug-likeness (QED) is 0.527. The van der Waals surface area contributed by atoms with Gasteiger partial charge in [-0.2, -0.15) is 0 Å². The summed E-state index contributed by atoms with van der Waals surface area (Å²) in [5.74, 6) is 1.15. The Morgan fingerprint density at radius 2 is 1.77 bits per heavy atom. The first-order valence-electron chi connectivity index (χ1n) is 10.7. The Morgan fingerprint density at radius 3 is 2.50 bits per heavy atom. The number of fused-ring (bicyclic) bond motifs is 1.